The van der Waals surface area contributed by atoms with Crippen molar-refractivity contribution in [2.75, 3.05) is 39.3 Å². The maximum absolute atomic E-state index is 12.3. The first-order valence-electron chi connectivity index (χ1n) is 10.6. The minimum atomic E-state index is -0.473. The van der Waals surface area contributed by atoms with Crippen molar-refractivity contribution < 1.29 is 14.3 Å². The summed E-state index contributed by atoms with van der Waals surface area (Å²) in [6.07, 6.45) is 3.82. The molecule has 2 fully saturated rings. The molecule has 1 unspecified atom stereocenters. The highest BCUT2D eigenvalue weighted by atomic mass is 127. The van der Waals surface area contributed by atoms with Gasteiger partial charge in [0.2, 0.25) is 5.91 Å². The number of hydrogen-bond acceptors (Lipinski definition) is 4. The highest BCUT2D eigenvalue weighted by molar-refractivity contribution is 14.0. The maximum Gasteiger partial charge on any atom is 0.410 e. The van der Waals surface area contributed by atoms with E-state index in [9.17, 15) is 9.59 Å². The van der Waals surface area contributed by atoms with E-state index in [1.807, 2.05) is 27.7 Å². The van der Waals surface area contributed by atoms with Gasteiger partial charge in [-0.15, -0.1) is 24.0 Å². The summed E-state index contributed by atoms with van der Waals surface area (Å²) in [5.74, 6) is 1.47. The van der Waals surface area contributed by atoms with Gasteiger partial charge in [0.1, 0.15) is 5.60 Å². The minimum Gasteiger partial charge on any atom is -0.444 e. The van der Waals surface area contributed by atoms with Crippen LogP contribution in [-0.2, 0) is 9.53 Å². The molecule has 0 aromatic carbocycles. The molecule has 0 aromatic heterocycles. The molecule has 1 saturated carbocycles. The number of amides is 2. The van der Waals surface area contributed by atoms with Crippen LogP contribution in [0.1, 0.15) is 53.4 Å². The zero-order valence-electron chi connectivity index (χ0n) is 18.3. The summed E-state index contributed by atoms with van der Waals surface area (Å²) in [5.41, 5.74) is -0.473. The molecule has 3 N–H and O–H groups in total. The smallest absolute Gasteiger partial charge is 0.410 e. The van der Waals surface area contributed by atoms with Crippen molar-refractivity contribution in [3.63, 3.8) is 0 Å². The number of rotatable bonds is 7. The van der Waals surface area contributed by atoms with Crippen LogP contribution in [0.25, 0.3) is 0 Å². The second-order valence-electron chi connectivity index (χ2n) is 8.65. The third kappa shape index (κ3) is 10.4. The average molecular weight is 523 g/mol. The van der Waals surface area contributed by atoms with E-state index in [1.54, 1.807) is 4.90 Å². The number of ether oxygens (including phenoxy) is 1. The lowest BCUT2D eigenvalue weighted by molar-refractivity contribution is -0.122. The van der Waals surface area contributed by atoms with Gasteiger partial charge in [-0.25, -0.2) is 4.79 Å². The van der Waals surface area contributed by atoms with Crippen LogP contribution in [0.4, 0.5) is 4.79 Å². The van der Waals surface area contributed by atoms with Crippen LogP contribution in [0.2, 0.25) is 0 Å². The predicted molar refractivity (Wildman–Crippen MR) is 126 cm³/mol. The van der Waals surface area contributed by atoms with E-state index in [0.717, 1.165) is 44.7 Å². The predicted octanol–water partition coefficient (Wildman–Crippen LogP) is 2.33. The Bertz CT molecular complexity index is 561. The van der Waals surface area contributed by atoms with Crippen molar-refractivity contribution in [2.24, 2.45) is 16.8 Å². The molecular formula is C20H38IN5O3. The molecule has 0 aromatic rings. The number of likely N-dealkylation sites (tertiary alicyclic amines) is 1. The molecule has 1 heterocycles. The van der Waals surface area contributed by atoms with Gasteiger partial charge in [0.15, 0.2) is 5.96 Å². The molecule has 9 heteroatoms. The summed E-state index contributed by atoms with van der Waals surface area (Å²) >= 11 is 0. The van der Waals surface area contributed by atoms with Gasteiger partial charge < -0.3 is 25.6 Å². The second-order valence-corrected chi connectivity index (χ2v) is 8.65. The first-order chi connectivity index (χ1) is 13.3. The molecule has 168 valence electrons. The van der Waals surface area contributed by atoms with E-state index < -0.39 is 5.60 Å². The van der Waals surface area contributed by atoms with Crippen LogP contribution in [0.15, 0.2) is 4.99 Å². The monoisotopic (exact) mass is 523 g/mol. The summed E-state index contributed by atoms with van der Waals surface area (Å²) in [6, 6.07) is 0. The topological polar surface area (TPSA) is 95.1 Å². The van der Waals surface area contributed by atoms with Crippen molar-refractivity contribution >= 4 is 41.9 Å². The summed E-state index contributed by atoms with van der Waals surface area (Å²) < 4.78 is 5.49. The first kappa shape index (κ1) is 25.8. The van der Waals surface area contributed by atoms with E-state index in [4.69, 9.17) is 4.74 Å². The number of halogens is 1. The Kier molecular flexibility index (Phi) is 11.1. The molecule has 2 aliphatic rings. The molecule has 0 bridgehead atoms. The molecule has 0 radical (unpaired) electrons. The van der Waals surface area contributed by atoms with E-state index >= 15 is 0 Å². The number of carbonyl (C=O) groups is 2. The van der Waals surface area contributed by atoms with E-state index in [-0.39, 0.29) is 41.9 Å². The van der Waals surface area contributed by atoms with Crippen LogP contribution in [-0.4, -0.2) is 67.7 Å². The standard InChI is InChI=1S/C20H37N5O3.HI/c1-5-21-18(23-11-10-22-17(26)16-8-9-16)24-13-15-7-6-12-25(14-15)19(27)28-20(2,3)4;/h15-16H,5-14H2,1-4H3,(H,22,26)(H2,21,23,24);1H. The lowest BCUT2D eigenvalue weighted by Crippen LogP contribution is -2.44. The number of carbonyl (C=O) groups excluding carboxylic acids is 2. The minimum absolute atomic E-state index is 0. The number of nitrogens with zero attached hydrogens (tertiary/aromatic N) is 2. The van der Waals surface area contributed by atoms with Gasteiger partial charge in [-0.1, -0.05) is 0 Å². The highest BCUT2D eigenvalue weighted by Gasteiger charge is 2.29. The summed E-state index contributed by atoms with van der Waals surface area (Å²) in [5, 5.41) is 9.43. The molecule has 0 spiro atoms. The Labute approximate surface area is 192 Å². The van der Waals surface area contributed by atoms with E-state index in [0.29, 0.717) is 32.1 Å². The fraction of sp³-hybridized carbons (Fsp3) is 0.850. The maximum atomic E-state index is 12.3. The Morgan fingerprint density at radius 3 is 2.41 bits per heavy atom. The number of nitrogens with one attached hydrogen (secondary N) is 3. The molecule has 1 saturated heterocycles. The first-order valence-corrected chi connectivity index (χ1v) is 10.6. The van der Waals surface area contributed by atoms with Gasteiger partial charge in [-0.3, -0.25) is 9.79 Å². The molecule has 2 rings (SSSR count). The van der Waals surface area contributed by atoms with Crippen molar-refractivity contribution in [2.45, 2.75) is 59.0 Å². The molecule has 1 atom stereocenters. The molecule has 1 aliphatic heterocycles. The number of aliphatic imine (C=N–C) groups is 1. The third-order valence-corrected chi connectivity index (χ3v) is 4.69. The van der Waals surface area contributed by atoms with Crippen LogP contribution >= 0.6 is 24.0 Å². The fourth-order valence-electron chi connectivity index (χ4n) is 3.12. The Morgan fingerprint density at radius 2 is 1.79 bits per heavy atom. The van der Waals surface area contributed by atoms with Crippen molar-refractivity contribution in [3.05, 3.63) is 0 Å². The Balaban J connectivity index is 0.00000420. The Hall–Kier alpha value is -1.26. The van der Waals surface area contributed by atoms with Crippen LogP contribution in [0, 0.1) is 11.8 Å². The molecule has 8 nitrogen and oxygen atoms in total. The van der Waals surface area contributed by atoms with Gasteiger partial charge >= 0.3 is 6.09 Å². The largest absolute Gasteiger partial charge is 0.444 e. The number of hydrogen-bond donors (Lipinski definition) is 3. The fourth-order valence-corrected chi connectivity index (χ4v) is 3.12. The van der Waals surface area contributed by atoms with Crippen LogP contribution in [0.5, 0.6) is 0 Å². The summed E-state index contributed by atoms with van der Waals surface area (Å²) in [4.78, 5) is 30.4. The Morgan fingerprint density at radius 1 is 1.10 bits per heavy atom. The third-order valence-electron chi connectivity index (χ3n) is 4.69. The van der Waals surface area contributed by atoms with Gasteiger partial charge in [-0.05, 0) is 59.3 Å². The molecule has 2 amide bonds. The van der Waals surface area contributed by atoms with E-state index in [2.05, 4.69) is 20.9 Å². The quantitative estimate of drug-likeness (QED) is 0.206. The van der Waals surface area contributed by atoms with Gasteiger partial charge in [0.05, 0.1) is 0 Å². The normalized spacial score (nSPS) is 19.8. The lowest BCUT2D eigenvalue weighted by Gasteiger charge is -2.33. The molecule has 1 aliphatic carbocycles. The summed E-state index contributed by atoms with van der Waals surface area (Å²) in [6.45, 7) is 11.8. The zero-order valence-corrected chi connectivity index (χ0v) is 20.6. The lowest BCUT2D eigenvalue weighted by atomic mass is 9.98. The number of piperidine rings is 1. The molecule has 29 heavy (non-hydrogen) atoms. The van der Waals surface area contributed by atoms with Gasteiger partial charge in [0.25, 0.3) is 0 Å². The van der Waals surface area contributed by atoms with Crippen LogP contribution in [0.3, 0.4) is 0 Å². The number of guanidine groups is 1. The summed E-state index contributed by atoms with van der Waals surface area (Å²) in [7, 11) is 0. The van der Waals surface area contributed by atoms with Gasteiger partial charge in [-0.2, -0.15) is 0 Å². The van der Waals surface area contributed by atoms with Crippen molar-refractivity contribution in [3.8, 4) is 0 Å². The average Bonchev–Trinajstić information content (AvgIpc) is 3.47. The molecular weight excluding hydrogens is 485 g/mol. The van der Waals surface area contributed by atoms with Crippen molar-refractivity contribution in [1.82, 2.24) is 20.9 Å². The zero-order chi connectivity index (χ0) is 20.6. The van der Waals surface area contributed by atoms with Crippen molar-refractivity contribution in [1.29, 1.82) is 0 Å². The van der Waals surface area contributed by atoms with Crippen LogP contribution < -0.4 is 16.0 Å². The second kappa shape index (κ2) is 12.4. The van der Waals surface area contributed by atoms with E-state index in [1.165, 1.54) is 0 Å². The highest BCUT2D eigenvalue weighted by Crippen LogP contribution is 2.28. The van der Waals surface area contributed by atoms with Gasteiger partial charge in [0, 0.05) is 45.2 Å². The SMILES string of the molecule is CCNC(=NCC1CCCN(C(=O)OC(C)(C)C)C1)NCCNC(=O)C1CC1.I.